The molecule has 3 rings (SSSR count). The first kappa shape index (κ1) is 14.5. The standard InChI is InChI=1S/C15H25N5O/c1-18(2)10-13-16-17-14(19(13)3)12-5-4-8-20(9-12)15(21)11-6-7-11/h11-12H,4-10H2,1-3H3. The van der Waals surface area contributed by atoms with Gasteiger partial charge in [0.05, 0.1) is 6.54 Å². The second-order valence-corrected chi connectivity index (χ2v) is 6.67. The predicted octanol–water partition coefficient (Wildman–Crippen LogP) is 0.993. The Bertz CT molecular complexity index is 520. The summed E-state index contributed by atoms with van der Waals surface area (Å²) in [4.78, 5) is 16.4. The zero-order chi connectivity index (χ0) is 15.0. The van der Waals surface area contributed by atoms with Crippen molar-refractivity contribution in [2.75, 3.05) is 27.2 Å². The average molecular weight is 291 g/mol. The monoisotopic (exact) mass is 291 g/mol. The van der Waals surface area contributed by atoms with E-state index in [0.717, 1.165) is 57.0 Å². The maximum Gasteiger partial charge on any atom is 0.225 e. The van der Waals surface area contributed by atoms with Crippen LogP contribution in [-0.4, -0.2) is 57.7 Å². The van der Waals surface area contributed by atoms with Gasteiger partial charge in [-0.1, -0.05) is 0 Å². The van der Waals surface area contributed by atoms with Crippen molar-refractivity contribution < 1.29 is 4.79 Å². The molecule has 2 heterocycles. The van der Waals surface area contributed by atoms with E-state index in [1.165, 1.54) is 0 Å². The molecule has 1 aromatic heterocycles. The second kappa shape index (κ2) is 5.75. The maximum absolute atomic E-state index is 12.2. The Morgan fingerprint density at radius 2 is 2.05 bits per heavy atom. The molecule has 1 saturated carbocycles. The van der Waals surface area contributed by atoms with Gasteiger partial charge in [0, 0.05) is 32.0 Å². The van der Waals surface area contributed by atoms with Crippen LogP contribution >= 0.6 is 0 Å². The van der Waals surface area contributed by atoms with E-state index in [0.29, 0.717) is 17.7 Å². The molecule has 2 aliphatic rings. The van der Waals surface area contributed by atoms with Crippen LogP contribution in [0.5, 0.6) is 0 Å². The number of nitrogens with zero attached hydrogens (tertiary/aromatic N) is 5. The van der Waals surface area contributed by atoms with Crippen LogP contribution in [0.4, 0.5) is 0 Å². The number of amides is 1. The Hall–Kier alpha value is -1.43. The Labute approximate surface area is 126 Å². The fraction of sp³-hybridized carbons (Fsp3) is 0.800. The van der Waals surface area contributed by atoms with Gasteiger partial charge in [0.2, 0.25) is 5.91 Å². The average Bonchev–Trinajstić information content (AvgIpc) is 3.24. The molecule has 1 amide bonds. The van der Waals surface area contributed by atoms with Crippen LogP contribution in [-0.2, 0) is 18.4 Å². The van der Waals surface area contributed by atoms with Crippen LogP contribution in [0.1, 0.15) is 43.3 Å². The highest BCUT2D eigenvalue weighted by Gasteiger charge is 2.36. The van der Waals surface area contributed by atoms with Crippen molar-refractivity contribution in [3.8, 4) is 0 Å². The molecule has 116 valence electrons. The first-order valence-electron chi connectivity index (χ1n) is 7.88. The van der Waals surface area contributed by atoms with Gasteiger partial charge in [-0.3, -0.25) is 4.79 Å². The highest BCUT2D eigenvalue weighted by molar-refractivity contribution is 5.81. The molecule has 1 aliphatic heterocycles. The van der Waals surface area contributed by atoms with Crippen molar-refractivity contribution in [2.45, 2.75) is 38.1 Å². The second-order valence-electron chi connectivity index (χ2n) is 6.67. The number of carbonyl (C=O) groups excluding carboxylic acids is 1. The van der Waals surface area contributed by atoms with Crippen molar-refractivity contribution in [1.82, 2.24) is 24.6 Å². The van der Waals surface area contributed by atoms with Gasteiger partial charge in [0.1, 0.15) is 11.6 Å². The number of rotatable bonds is 4. The fourth-order valence-corrected chi connectivity index (χ4v) is 3.13. The number of aromatic nitrogens is 3. The number of hydrogen-bond donors (Lipinski definition) is 0. The lowest BCUT2D eigenvalue weighted by Gasteiger charge is -2.32. The minimum Gasteiger partial charge on any atom is -0.342 e. The molecule has 21 heavy (non-hydrogen) atoms. The van der Waals surface area contributed by atoms with Gasteiger partial charge >= 0.3 is 0 Å². The van der Waals surface area contributed by atoms with Gasteiger partial charge in [0.25, 0.3) is 0 Å². The largest absolute Gasteiger partial charge is 0.342 e. The minimum absolute atomic E-state index is 0.313. The van der Waals surface area contributed by atoms with Crippen molar-refractivity contribution in [2.24, 2.45) is 13.0 Å². The topological polar surface area (TPSA) is 54.3 Å². The third kappa shape index (κ3) is 3.10. The molecular weight excluding hydrogens is 266 g/mol. The van der Waals surface area contributed by atoms with Gasteiger partial charge in [-0.05, 0) is 39.8 Å². The molecule has 1 aliphatic carbocycles. The molecule has 1 unspecified atom stereocenters. The Morgan fingerprint density at radius 3 is 2.71 bits per heavy atom. The quantitative estimate of drug-likeness (QED) is 0.830. The first-order valence-corrected chi connectivity index (χ1v) is 7.88. The summed E-state index contributed by atoms with van der Waals surface area (Å²) >= 11 is 0. The van der Waals surface area contributed by atoms with Gasteiger partial charge in [-0.15, -0.1) is 10.2 Å². The van der Waals surface area contributed by atoms with E-state index in [-0.39, 0.29) is 0 Å². The number of likely N-dealkylation sites (tertiary alicyclic amines) is 1. The van der Waals surface area contributed by atoms with E-state index in [9.17, 15) is 4.79 Å². The molecule has 2 fully saturated rings. The van der Waals surface area contributed by atoms with E-state index in [1.807, 2.05) is 26.0 Å². The van der Waals surface area contributed by atoms with Crippen molar-refractivity contribution >= 4 is 5.91 Å². The van der Waals surface area contributed by atoms with E-state index in [2.05, 4.69) is 19.7 Å². The SMILES string of the molecule is CN(C)Cc1nnc(C2CCCN(C(=O)C3CC3)C2)n1C. The van der Waals surface area contributed by atoms with E-state index < -0.39 is 0 Å². The summed E-state index contributed by atoms with van der Waals surface area (Å²) in [6, 6.07) is 0. The summed E-state index contributed by atoms with van der Waals surface area (Å²) in [7, 11) is 6.10. The highest BCUT2D eigenvalue weighted by Crippen LogP contribution is 2.34. The van der Waals surface area contributed by atoms with Crippen LogP contribution in [0.25, 0.3) is 0 Å². The summed E-state index contributed by atoms with van der Waals surface area (Å²) in [5.41, 5.74) is 0. The molecule has 1 atom stereocenters. The number of hydrogen-bond acceptors (Lipinski definition) is 4. The molecule has 6 heteroatoms. The van der Waals surface area contributed by atoms with Crippen LogP contribution in [0.15, 0.2) is 0 Å². The molecule has 6 nitrogen and oxygen atoms in total. The van der Waals surface area contributed by atoms with Crippen molar-refractivity contribution in [1.29, 1.82) is 0 Å². The summed E-state index contributed by atoms with van der Waals surface area (Å²) in [5, 5.41) is 8.71. The summed E-state index contributed by atoms with van der Waals surface area (Å²) < 4.78 is 2.11. The molecule has 0 spiro atoms. The van der Waals surface area contributed by atoms with Crippen LogP contribution in [0, 0.1) is 5.92 Å². The van der Waals surface area contributed by atoms with Gasteiger partial charge in [-0.2, -0.15) is 0 Å². The lowest BCUT2D eigenvalue weighted by Crippen LogP contribution is -2.40. The Kier molecular flexibility index (Phi) is 3.97. The lowest BCUT2D eigenvalue weighted by molar-refractivity contribution is -0.133. The summed E-state index contributed by atoms with van der Waals surface area (Å²) in [5.74, 6) is 3.01. The summed E-state index contributed by atoms with van der Waals surface area (Å²) in [6.45, 7) is 2.51. The van der Waals surface area contributed by atoms with Crippen molar-refractivity contribution in [3.05, 3.63) is 11.6 Å². The van der Waals surface area contributed by atoms with Crippen LogP contribution in [0.2, 0.25) is 0 Å². The van der Waals surface area contributed by atoms with Crippen LogP contribution in [0.3, 0.4) is 0 Å². The maximum atomic E-state index is 12.2. The molecule has 1 aromatic rings. The zero-order valence-corrected chi connectivity index (χ0v) is 13.2. The van der Waals surface area contributed by atoms with Gasteiger partial charge < -0.3 is 14.4 Å². The van der Waals surface area contributed by atoms with Gasteiger partial charge in [0.15, 0.2) is 0 Å². The molecule has 0 aromatic carbocycles. The lowest BCUT2D eigenvalue weighted by atomic mass is 9.96. The minimum atomic E-state index is 0.313. The number of piperidine rings is 1. The molecular formula is C15H25N5O. The predicted molar refractivity (Wildman–Crippen MR) is 79.7 cm³/mol. The fourth-order valence-electron chi connectivity index (χ4n) is 3.13. The Morgan fingerprint density at radius 1 is 1.29 bits per heavy atom. The third-order valence-corrected chi connectivity index (χ3v) is 4.48. The summed E-state index contributed by atoms with van der Waals surface area (Å²) in [6.07, 6.45) is 4.33. The molecule has 0 N–H and O–H groups in total. The Balaban J connectivity index is 1.71. The smallest absolute Gasteiger partial charge is 0.225 e. The normalized spacial score (nSPS) is 22.9. The van der Waals surface area contributed by atoms with Gasteiger partial charge in [-0.25, -0.2) is 0 Å². The molecule has 1 saturated heterocycles. The first-order chi connectivity index (χ1) is 10.1. The highest BCUT2D eigenvalue weighted by atomic mass is 16.2. The van der Waals surface area contributed by atoms with E-state index in [1.54, 1.807) is 0 Å². The zero-order valence-electron chi connectivity index (χ0n) is 13.2. The van der Waals surface area contributed by atoms with Crippen molar-refractivity contribution in [3.63, 3.8) is 0 Å². The number of carbonyl (C=O) groups is 1. The van der Waals surface area contributed by atoms with Crippen LogP contribution < -0.4 is 0 Å². The van der Waals surface area contributed by atoms with E-state index in [4.69, 9.17) is 0 Å². The van der Waals surface area contributed by atoms with E-state index >= 15 is 0 Å². The third-order valence-electron chi connectivity index (χ3n) is 4.48. The molecule has 0 bridgehead atoms. The molecule has 0 radical (unpaired) electrons.